The molecule has 0 aliphatic carbocycles. The van der Waals surface area contributed by atoms with Crippen molar-refractivity contribution in [3.63, 3.8) is 0 Å². The Morgan fingerprint density at radius 2 is 1.81 bits per heavy atom. The molecule has 1 amide bonds. The third kappa shape index (κ3) is 3.25. The summed E-state index contributed by atoms with van der Waals surface area (Å²) >= 11 is 1.47. The molecule has 0 fully saturated rings. The third-order valence-corrected chi connectivity index (χ3v) is 3.88. The highest BCUT2D eigenvalue weighted by Crippen LogP contribution is 2.23. The van der Waals surface area contributed by atoms with Crippen molar-refractivity contribution in [3.8, 4) is 0 Å². The topological polar surface area (TPSA) is 66.4 Å². The quantitative estimate of drug-likeness (QED) is 0.846. The standard InChI is InChI=1S/C16H15NO3S/c1-10-6-5-8-12(14(10)16(19)20)17-15(18)11-7-3-4-9-13(11)21-2/h3-9H,1-2H3,(H,17,18)(H,19,20). The predicted molar refractivity (Wildman–Crippen MR) is 84.3 cm³/mol. The molecule has 0 heterocycles. The SMILES string of the molecule is CSc1ccccc1C(=O)Nc1cccc(C)c1C(=O)O. The number of aryl methyl sites for hydroxylation is 1. The van der Waals surface area contributed by atoms with E-state index in [9.17, 15) is 14.7 Å². The number of aromatic carboxylic acids is 1. The molecule has 2 aromatic rings. The van der Waals surface area contributed by atoms with Gasteiger partial charge >= 0.3 is 5.97 Å². The van der Waals surface area contributed by atoms with Gasteiger partial charge in [-0.15, -0.1) is 11.8 Å². The van der Waals surface area contributed by atoms with E-state index in [-0.39, 0.29) is 11.5 Å². The summed E-state index contributed by atoms with van der Waals surface area (Å²) in [5.41, 5.74) is 1.57. The molecular weight excluding hydrogens is 286 g/mol. The van der Waals surface area contributed by atoms with Crippen molar-refractivity contribution >= 4 is 29.3 Å². The number of nitrogens with one attached hydrogen (secondary N) is 1. The summed E-state index contributed by atoms with van der Waals surface area (Å²) in [5, 5.41) is 12.0. The van der Waals surface area contributed by atoms with Gasteiger partial charge < -0.3 is 10.4 Å². The number of carbonyl (C=O) groups excluding carboxylic acids is 1. The average Bonchev–Trinajstić information content (AvgIpc) is 2.46. The first-order chi connectivity index (χ1) is 10.0. The molecule has 2 rings (SSSR count). The van der Waals surface area contributed by atoms with Crippen molar-refractivity contribution in [2.24, 2.45) is 0 Å². The summed E-state index contributed by atoms with van der Waals surface area (Å²) in [6.45, 7) is 1.70. The normalized spacial score (nSPS) is 10.2. The van der Waals surface area contributed by atoms with Crippen molar-refractivity contribution < 1.29 is 14.7 Å². The molecule has 0 radical (unpaired) electrons. The zero-order valence-corrected chi connectivity index (χ0v) is 12.5. The maximum atomic E-state index is 12.4. The lowest BCUT2D eigenvalue weighted by atomic mass is 10.1. The van der Waals surface area contributed by atoms with E-state index in [0.717, 1.165) is 4.90 Å². The summed E-state index contributed by atoms with van der Waals surface area (Å²) in [4.78, 5) is 24.5. The average molecular weight is 301 g/mol. The lowest BCUT2D eigenvalue weighted by molar-refractivity contribution is 0.0697. The molecule has 0 aromatic heterocycles. The van der Waals surface area contributed by atoms with Gasteiger partial charge in [0.1, 0.15) is 0 Å². The fourth-order valence-electron chi connectivity index (χ4n) is 2.08. The Hall–Kier alpha value is -2.27. The van der Waals surface area contributed by atoms with Gasteiger partial charge in [-0.2, -0.15) is 0 Å². The number of carboxylic acid groups (broad SMARTS) is 1. The zero-order valence-electron chi connectivity index (χ0n) is 11.7. The molecule has 5 heteroatoms. The molecule has 0 aliphatic rings. The number of benzene rings is 2. The van der Waals surface area contributed by atoms with Gasteiger partial charge in [0.05, 0.1) is 16.8 Å². The summed E-state index contributed by atoms with van der Waals surface area (Å²) in [6, 6.07) is 12.2. The van der Waals surface area contributed by atoms with Gasteiger partial charge in [0.15, 0.2) is 0 Å². The molecule has 108 valence electrons. The van der Waals surface area contributed by atoms with Gasteiger partial charge in [-0.05, 0) is 36.9 Å². The summed E-state index contributed by atoms with van der Waals surface area (Å²) in [7, 11) is 0. The van der Waals surface area contributed by atoms with E-state index in [1.165, 1.54) is 11.8 Å². The van der Waals surface area contributed by atoms with Crippen LogP contribution in [0.15, 0.2) is 47.4 Å². The molecule has 0 atom stereocenters. The molecule has 4 nitrogen and oxygen atoms in total. The molecule has 2 aromatic carbocycles. The molecule has 0 unspecified atom stereocenters. The molecule has 2 N–H and O–H groups in total. The van der Waals surface area contributed by atoms with Crippen molar-refractivity contribution in [2.45, 2.75) is 11.8 Å². The van der Waals surface area contributed by atoms with Crippen LogP contribution in [0.3, 0.4) is 0 Å². The summed E-state index contributed by atoms with van der Waals surface area (Å²) < 4.78 is 0. The zero-order chi connectivity index (χ0) is 15.4. The van der Waals surface area contributed by atoms with Crippen LogP contribution in [0, 0.1) is 6.92 Å². The number of amides is 1. The Morgan fingerprint density at radius 1 is 1.10 bits per heavy atom. The highest BCUT2D eigenvalue weighted by Gasteiger charge is 2.17. The smallest absolute Gasteiger partial charge is 0.338 e. The Kier molecular flexibility index (Phi) is 4.65. The van der Waals surface area contributed by atoms with Gasteiger partial charge in [-0.25, -0.2) is 4.79 Å². The van der Waals surface area contributed by atoms with E-state index < -0.39 is 5.97 Å². The lowest BCUT2D eigenvalue weighted by Gasteiger charge is -2.12. The van der Waals surface area contributed by atoms with Crippen LogP contribution in [0.25, 0.3) is 0 Å². The number of carbonyl (C=O) groups is 2. The predicted octanol–water partition coefficient (Wildman–Crippen LogP) is 3.67. The van der Waals surface area contributed by atoms with Crippen LogP contribution >= 0.6 is 11.8 Å². The van der Waals surface area contributed by atoms with Gasteiger partial charge in [0.25, 0.3) is 5.91 Å². The van der Waals surface area contributed by atoms with Crippen LogP contribution in [0.5, 0.6) is 0 Å². The van der Waals surface area contributed by atoms with Gasteiger partial charge in [-0.3, -0.25) is 4.79 Å². The van der Waals surface area contributed by atoms with Gasteiger partial charge in [0, 0.05) is 4.90 Å². The third-order valence-electron chi connectivity index (χ3n) is 3.09. The minimum atomic E-state index is -1.05. The maximum Gasteiger partial charge on any atom is 0.338 e. The number of carboxylic acids is 1. The highest BCUT2D eigenvalue weighted by molar-refractivity contribution is 7.98. The second-order valence-electron chi connectivity index (χ2n) is 4.46. The second-order valence-corrected chi connectivity index (χ2v) is 5.31. The van der Waals surface area contributed by atoms with E-state index in [1.54, 1.807) is 37.3 Å². The Bertz CT molecular complexity index is 698. The van der Waals surface area contributed by atoms with Crippen LogP contribution < -0.4 is 5.32 Å². The van der Waals surface area contributed by atoms with Crippen LogP contribution in [0.2, 0.25) is 0 Å². The van der Waals surface area contributed by atoms with E-state index >= 15 is 0 Å². The number of rotatable bonds is 4. The molecule has 0 spiro atoms. The minimum absolute atomic E-state index is 0.118. The first kappa shape index (κ1) is 15.1. The summed E-state index contributed by atoms with van der Waals surface area (Å²) in [6.07, 6.45) is 1.89. The monoisotopic (exact) mass is 301 g/mol. The molecule has 0 saturated heterocycles. The van der Waals surface area contributed by atoms with Crippen molar-refractivity contribution in [1.82, 2.24) is 0 Å². The highest BCUT2D eigenvalue weighted by atomic mass is 32.2. The molecule has 0 bridgehead atoms. The van der Waals surface area contributed by atoms with Crippen molar-refractivity contribution in [1.29, 1.82) is 0 Å². The number of thioether (sulfide) groups is 1. The second kappa shape index (κ2) is 6.45. The lowest BCUT2D eigenvalue weighted by Crippen LogP contribution is -2.16. The van der Waals surface area contributed by atoms with Crippen LogP contribution in [-0.4, -0.2) is 23.2 Å². The Morgan fingerprint density at radius 3 is 2.48 bits per heavy atom. The Labute approximate surface area is 127 Å². The van der Waals surface area contributed by atoms with E-state index in [4.69, 9.17) is 0 Å². The summed E-state index contributed by atoms with van der Waals surface area (Å²) in [5.74, 6) is -1.37. The first-order valence-corrected chi connectivity index (χ1v) is 7.54. The van der Waals surface area contributed by atoms with Crippen LogP contribution in [-0.2, 0) is 0 Å². The van der Waals surface area contributed by atoms with Crippen LogP contribution in [0.4, 0.5) is 5.69 Å². The van der Waals surface area contributed by atoms with E-state index in [1.807, 2.05) is 18.4 Å². The molecule has 21 heavy (non-hydrogen) atoms. The Balaban J connectivity index is 2.37. The molecular formula is C16H15NO3S. The fourth-order valence-corrected chi connectivity index (χ4v) is 2.67. The number of hydrogen-bond donors (Lipinski definition) is 2. The van der Waals surface area contributed by atoms with Crippen molar-refractivity contribution in [2.75, 3.05) is 11.6 Å². The van der Waals surface area contributed by atoms with Gasteiger partial charge in [0.2, 0.25) is 0 Å². The number of hydrogen-bond acceptors (Lipinski definition) is 3. The maximum absolute atomic E-state index is 12.4. The number of anilines is 1. The van der Waals surface area contributed by atoms with E-state index in [0.29, 0.717) is 16.8 Å². The first-order valence-electron chi connectivity index (χ1n) is 6.32. The largest absolute Gasteiger partial charge is 0.478 e. The van der Waals surface area contributed by atoms with Gasteiger partial charge in [-0.1, -0.05) is 24.3 Å². The minimum Gasteiger partial charge on any atom is -0.478 e. The van der Waals surface area contributed by atoms with Crippen molar-refractivity contribution in [3.05, 3.63) is 59.2 Å². The van der Waals surface area contributed by atoms with Crippen LogP contribution in [0.1, 0.15) is 26.3 Å². The fraction of sp³-hybridized carbons (Fsp3) is 0.125. The van der Waals surface area contributed by atoms with E-state index in [2.05, 4.69) is 5.32 Å². The molecule has 0 aliphatic heterocycles. The molecule has 0 saturated carbocycles.